The average molecular weight is 163 g/mol. The highest BCUT2D eigenvalue weighted by atomic mass is 19.3. The van der Waals surface area contributed by atoms with Crippen LogP contribution in [0.5, 0.6) is 0 Å². The molecule has 0 amide bonds. The molecule has 0 bridgehead atoms. The molecule has 1 saturated carbocycles. The Kier molecular flexibility index (Phi) is 2.47. The lowest BCUT2D eigenvalue weighted by molar-refractivity contribution is 0.0301. The normalized spacial score (nSPS) is 25.9. The molecule has 1 aliphatic rings. The summed E-state index contributed by atoms with van der Waals surface area (Å²) in [7, 11) is 0. The third-order valence-corrected chi connectivity index (χ3v) is 2.71. The van der Waals surface area contributed by atoms with E-state index in [1.54, 1.807) is 0 Å². The number of rotatable bonds is 2. The first-order valence-corrected chi connectivity index (χ1v) is 4.12. The van der Waals surface area contributed by atoms with Gasteiger partial charge in [-0.1, -0.05) is 12.8 Å². The predicted molar refractivity (Wildman–Crippen MR) is 40.6 cm³/mol. The first-order chi connectivity index (χ1) is 5.05. The Balaban J connectivity index is 2.55. The first kappa shape index (κ1) is 8.91. The summed E-state index contributed by atoms with van der Waals surface area (Å²) in [6.07, 6.45) is 1.48. The molecule has 66 valence electrons. The van der Waals surface area contributed by atoms with Crippen molar-refractivity contribution in [3.05, 3.63) is 0 Å². The molecule has 0 heterocycles. The summed E-state index contributed by atoms with van der Waals surface area (Å²) in [5.74, 6) is 0.0301. The van der Waals surface area contributed by atoms with Gasteiger partial charge in [0.1, 0.15) is 0 Å². The minimum atomic E-state index is -2.38. The molecule has 0 aromatic carbocycles. The quantitative estimate of drug-likeness (QED) is 0.663. The number of nitrogens with two attached hydrogens (primary N) is 1. The van der Waals surface area contributed by atoms with Crippen LogP contribution < -0.4 is 5.73 Å². The number of alkyl halides is 2. The minimum absolute atomic E-state index is 0.0301. The maximum atomic E-state index is 12.3. The van der Waals surface area contributed by atoms with Crippen molar-refractivity contribution in [2.45, 2.75) is 44.6 Å². The maximum Gasteiger partial charge on any atom is 0.256 e. The van der Waals surface area contributed by atoms with E-state index in [4.69, 9.17) is 5.73 Å². The van der Waals surface area contributed by atoms with Gasteiger partial charge < -0.3 is 5.73 Å². The highest BCUT2D eigenvalue weighted by Gasteiger charge is 2.39. The van der Waals surface area contributed by atoms with Crippen LogP contribution in [0.3, 0.4) is 0 Å². The van der Waals surface area contributed by atoms with Crippen LogP contribution >= 0.6 is 0 Å². The second-order valence-corrected chi connectivity index (χ2v) is 3.65. The minimum Gasteiger partial charge on any atom is -0.320 e. The van der Waals surface area contributed by atoms with Gasteiger partial charge in [0.15, 0.2) is 0 Å². The van der Waals surface area contributed by atoms with Crippen LogP contribution in [0.25, 0.3) is 0 Å². The van der Waals surface area contributed by atoms with Crippen molar-refractivity contribution in [1.82, 2.24) is 0 Å². The van der Waals surface area contributed by atoms with E-state index < -0.39 is 12.0 Å². The standard InChI is InChI=1S/C8H15F2N/c1-8(11,7(9)10)6-4-2-3-5-6/h6-7H,2-5,11H2,1H3. The second kappa shape index (κ2) is 3.05. The summed E-state index contributed by atoms with van der Waals surface area (Å²) in [5, 5.41) is 0. The Morgan fingerprint density at radius 3 is 2.18 bits per heavy atom. The van der Waals surface area contributed by atoms with Crippen molar-refractivity contribution < 1.29 is 8.78 Å². The lowest BCUT2D eigenvalue weighted by Crippen LogP contribution is -2.49. The van der Waals surface area contributed by atoms with E-state index in [0.717, 1.165) is 25.7 Å². The van der Waals surface area contributed by atoms with Crippen LogP contribution in [-0.2, 0) is 0 Å². The summed E-state index contributed by atoms with van der Waals surface area (Å²) < 4.78 is 24.7. The van der Waals surface area contributed by atoms with Gasteiger partial charge in [0.2, 0.25) is 0 Å². The Morgan fingerprint density at radius 1 is 1.36 bits per heavy atom. The van der Waals surface area contributed by atoms with Gasteiger partial charge in [-0.2, -0.15) is 0 Å². The summed E-state index contributed by atoms with van der Waals surface area (Å²) in [5.41, 5.74) is 4.26. The van der Waals surface area contributed by atoms with Crippen molar-refractivity contribution in [3.8, 4) is 0 Å². The van der Waals surface area contributed by atoms with Crippen molar-refractivity contribution in [2.24, 2.45) is 11.7 Å². The van der Waals surface area contributed by atoms with Crippen molar-refractivity contribution in [1.29, 1.82) is 0 Å². The van der Waals surface area contributed by atoms with Gasteiger partial charge >= 0.3 is 0 Å². The maximum absolute atomic E-state index is 12.3. The zero-order chi connectivity index (χ0) is 8.48. The summed E-state index contributed by atoms with van der Waals surface area (Å²) >= 11 is 0. The summed E-state index contributed by atoms with van der Waals surface area (Å²) in [6, 6.07) is 0. The second-order valence-electron chi connectivity index (χ2n) is 3.65. The SMILES string of the molecule is CC(N)(C(F)F)C1CCCC1. The first-order valence-electron chi connectivity index (χ1n) is 4.12. The molecule has 1 rings (SSSR count). The molecule has 0 aliphatic heterocycles. The van der Waals surface area contributed by atoms with Gasteiger partial charge in [-0.05, 0) is 25.7 Å². The van der Waals surface area contributed by atoms with E-state index in [9.17, 15) is 8.78 Å². The van der Waals surface area contributed by atoms with Gasteiger partial charge in [-0.15, -0.1) is 0 Å². The molecule has 1 unspecified atom stereocenters. The molecule has 1 nitrogen and oxygen atoms in total. The van der Waals surface area contributed by atoms with E-state index in [-0.39, 0.29) is 5.92 Å². The van der Waals surface area contributed by atoms with E-state index in [1.165, 1.54) is 6.92 Å². The third kappa shape index (κ3) is 1.70. The summed E-state index contributed by atoms with van der Waals surface area (Å²) in [6.45, 7) is 1.47. The molecule has 0 saturated heterocycles. The lowest BCUT2D eigenvalue weighted by Gasteiger charge is -2.30. The molecular formula is C8H15F2N. The zero-order valence-corrected chi connectivity index (χ0v) is 6.82. The van der Waals surface area contributed by atoms with Crippen molar-refractivity contribution >= 4 is 0 Å². The van der Waals surface area contributed by atoms with Gasteiger partial charge in [0, 0.05) is 0 Å². The van der Waals surface area contributed by atoms with Crippen molar-refractivity contribution in [3.63, 3.8) is 0 Å². The van der Waals surface area contributed by atoms with Crippen LogP contribution in [0.2, 0.25) is 0 Å². The van der Waals surface area contributed by atoms with E-state index in [0.29, 0.717) is 0 Å². The number of halogens is 2. The zero-order valence-electron chi connectivity index (χ0n) is 6.82. The highest BCUT2D eigenvalue weighted by molar-refractivity contribution is 4.91. The molecule has 1 aliphatic carbocycles. The smallest absolute Gasteiger partial charge is 0.256 e. The molecule has 11 heavy (non-hydrogen) atoms. The predicted octanol–water partition coefficient (Wildman–Crippen LogP) is 2.16. The van der Waals surface area contributed by atoms with E-state index in [2.05, 4.69) is 0 Å². The lowest BCUT2D eigenvalue weighted by atomic mass is 9.86. The number of hydrogen-bond acceptors (Lipinski definition) is 1. The van der Waals surface area contributed by atoms with Crippen LogP contribution in [0, 0.1) is 5.92 Å². The third-order valence-electron chi connectivity index (χ3n) is 2.71. The molecule has 0 radical (unpaired) electrons. The molecule has 3 heteroatoms. The van der Waals surface area contributed by atoms with Crippen LogP contribution in [0.15, 0.2) is 0 Å². The van der Waals surface area contributed by atoms with Gasteiger partial charge in [-0.3, -0.25) is 0 Å². The molecule has 2 N–H and O–H groups in total. The summed E-state index contributed by atoms with van der Waals surface area (Å²) in [4.78, 5) is 0. The highest BCUT2D eigenvalue weighted by Crippen LogP contribution is 2.35. The average Bonchev–Trinajstić information content (AvgIpc) is 2.37. The molecule has 1 fully saturated rings. The van der Waals surface area contributed by atoms with E-state index >= 15 is 0 Å². The molecule has 0 spiro atoms. The number of hydrogen-bond donors (Lipinski definition) is 1. The van der Waals surface area contributed by atoms with Gasteiger partial charge in [-0.25, -0.2) is 8.78 Å². The fourth-order valence-corrected chi connectivity index (χ4v) is 1.73. The Labute approximate surface area is 66.0 Å². The molecule has 0 aromatic heterocycles. The molecular weight excluding hydrogens is 148 g/mol. The van der Waals surface area contributed by atoms with Crippen LogP contribution in [-0.4, -0.2) is 12.0 Å². The largest absolute Gasteiger partial charge is 0.320 e. The van der Waals surface area contributed by atoms with Gasteiger partial charge in [0.25, 0.3) is 6.43 Å². The molecule has 0 aromatic rings. The fourth-order valence-electron chi connectivity index (χ4n) is 1.73. The topological polar surface area (TPSA) is 26.0 Å². The van der Waals surface area contributed by atoms with E-state index in [1.807, 2.05) is 0 Å². The monoisotopic (exact) mass is 163 g/mol. The van der Waals surface area contributed by atoms with Crippen molar-refractivity contribution in [2.75, 3.05) is 0 Å². The Morgan fingerprint density at radius 2 is 1.82 bits per heavy atom. The van der Waals surface area contributed by atoms with Crippen LogP contribution in [0.1, 0.15) is 32.6 Å². The van der Waals surface area contributed by atoms with Gasteiger partial charge in [0.05, 0.1) is 5.54 Å². The van der Waals surface area contributed by atoms with Crippen LogP contribution in [0.4, 0.5) is 8.78 Å². The fraction of sp³-hybridized carbons (Fsp3) is 1.00. The molecule has 1 atom stereocenters. The Hall–Kier alpha value is -0.180. The Bertz CT molecular complexity index is 128.